The van der Waals surface area contributed by atoms with Gasteiger partial charge in [0.1, 0.15) is 0 Å². The summed E-state index contributed by atoms with van der Waals surface area (Å²) in [5, 5.41) is 5.56. The van der Waals surface area contributed by atoms with Gasteiger partial charge in [0.2, 0.25) is 11.9 Å². The van der Waals surface area contributed by atoms with E-state index in [1.54, 1.807) is 24.3 Å². The Morgan fingerprint density at radius 1 is 0.500 bits per heavy atom. The van der Waals surface area contributed by atoms with Crippen LogP contribution in [0, 0.1) is 23.5 Å². The minimum absolute atomic E-state index is 0.235. The molecule has 2 heterocycles. The van der Waals surface area contributed by atoms with Gasteiger partial charge in [-0.05, 0) is 56.6 Å². The summed E-state index contributed by atoms with van der Waals surface area (Å²) in [6.07, 6.45) is 0. The third-order valence-corrected chi connectivity index (χ3v) is 6.21. The molecule has 0 unspecified atom stereocenters. The summed E-state index contributed by atoms with van der Waals surface area (Å²) < 4.78 is 59.0. The summed E-state index contributed by atoms with van der Waals surface area (Å²) >= 11 is 0. The number of nitrogens with zero attached hydrogens (tertiary/aromatic N) is 2. The molecule has 6 aromatic rings. The summed E-state index contributed by atoms with van der Waals surface area (Å²) in [7, 11) is 2.98. The van der Waals surface area contributed by atoms with E-state index in [0.717, 1.165) is 32.3 Å². The van der Waals surface area contributed by atoms with Crippen LogP contribution in [0.2, 0.25) is 0 Å². The quantitative estimate of drug-likeness (QED) is 0.197. The minimum atomic E-state index is -0.898. The van der Waals surface area contributed by atoms with Gasteiger partial charge in [0.25, 0.3) is 0 Å². The Labute approximate surface area is 167 Å². The van der Waals surface area contributed by atoms with Gasteiger partial charge in [-0.25, -0.2) is 8.78 Å². The molecular formula is C24H14F4N2. The second-order valence-corrected chi connectivity index (χ2v) is 7.73. The van der Waals surface area contributed by atoms with Crippen molar-refractivity contribution in [3.05, 3.63) is 72.1 Å². The van der Waals surface area contributed by atoms with Crippen LogP contribution >= 0.6 is 0 Å². The van der Waals surface area contributed by atoms with Crippen LogP contribution in [0.5, 0.6) is 0 Å². The van der Waals surface area contributed by atoms with Crippen LogP contribution in [0.25, 0.3) is 54.1 Å². The predicted molar refractivity (Wildman–Crippen MR) is 112 cm³/mol. The SMILES string of the molecule is Cn1c(F)c(F)c2cc3ccc4c5cc6c(cc5ccc4c3cc21)c(F)c(F)n6C. The van der Waals surface area contributed by atoms with E-state index in [4.69, 9.17) is 0 Å². The highest BCUT2D eigenvalue weighted by Crippen LogP contribution is 2.37. The van der Waals surface area contributed by atoms with Crippen molar-refractivity contribution >= 4 is 54.1 Å². The normalized spacial score (nSPS) is 12.3. The molecule has 0 aliphatic rings. The van der Waals surface area contributed by atoms with E-state index >= 15 is 0 Å². The smallest absolute Gasteiger partial charge is 0.230 e. The van der Waals surface area contributed by atoms with Crippen LogP contribution in [0.1, 0.15) is 0 Å². The van der Waals surface area contributed by atoms with Gasteiger partial charge in [-0.15, -0.1) is 0 Å². The molecule has 0 saturated heterocycles. The first-order valence-corrected chi connectivity index (χ1v) is 9.43. The highest BCUT2D eigenvalue weighted by molar-refractivity contribution is 6.20. The topological polar surface area (TPSA) is 9.86 Å². The average Bonchev–Trinajstić information content (AvgIpc) is 3.10. The second kappa shape index (κ2) is 5.53. The molecule has 0 bridgehead atoms. The standard InChI is InChI=1S/C24H14F4N2/c1-29-19-9-15-11(7-17(19)21(25)23(29)27)3-6-14-13(15)5-4-12-8-18-20(10-16(12)14)30(2)24(28)22(18)26/h3-10H,1-2H3. The molecule has 4 aromatic carbocycles. The molecule has 148 valence electrons. The molecule has 30 heavy (non-hydrogen) atoms. The molecule has 0 fully saturated rings. The maximum atomic E-state index is 14.2. The zero-order chi connectivity index (χ0) is 20.9. The van der Waals surface area contributed by atoms with Gasteiger partial charge in [-0.2, -0.15) is 8.78 Å². The lowest BCUT2D eigenvalue weighted by Gasteiger charge is -2.09. The molecule has 6 rings (SSSR count). The molecule has 2 nitrogen and oxygen atoms in total. The van der Waals surface area contributed by atoms with Crippen molar-refractivity contribution in [1.29, 1.82) is 0 Å². The monoisotopic (exact) mass is 406 g/mol. The fourth-order valence-corrected chi connectivity index (χ4v) is 4.58. The first-order chi connectivity index (χ1) is 14.4. The molecule has 6 heteroatoms. The summed E-state index contributed by atoms with van der Waals surface area (Å²) in [5.74, 6) is -3.51. The first kappa shape index (κ1) is 17.3. The van der Waals surface area contributed by atoms with Crippen molar-refractivity contribution < 1.29 is 17.6 Å². The molecule has 0 N–H and O–H groups in total. The van der Waals surface area contributed by atoms with Crippen LogP contribution in [0.4, 0.5) is 17.6 Å². The van der Waals surface area contributed by atoms with E-state index in [0.29, 0.717) is 11.0 Å². The maximum Gasteiger partial charge on any atom is 0.230 e. The van der Waals surface area contributed by atoms with E-state index in [1.165, 1.54) is 23.2 Å². The van der Waals surface area contributed by atoms with Gasteiger partial charge in [0, 0.05) is 24.9 Å². The van der Waals surface area contributed by atoms with Crippen molar-refractivity contribution in [2.75, 3.05) is 0 Å². The Morgan fingerprint density at radius 2 is 0.900 bits per heavy atom. The first-order valence-electron chi connectivity index (χ1n) is 9.43. The Balaban J connectivity index is 1.78. The van der Waals surface area contributed by atoms with Crippen LogP contribution < -0.4 is 0 Å². The molecule has 0 aliphatic carbocycles. The second-order valence-electron chi connectivity index (χ2n) is 7.73. The van der Waals surface area contributed by atoms with Gasteiger partial charge in [-0.3, -0.25) is 0 Å². The highest BCUT2D eigenvalue weighted by Gasteiger charge is 2.18. The Kier molecular flexibility index (Phi) is 3.20. The summed E-state index contributed by atoms with van der Waals surface area (Å²) in [6.45, 7) is 0. The number of hydrogen-bond donors (Lipinski definition) is 0. The van der Waals surface area contributed by atoms with Gasteiger partial charge >= 0.3 is 0 Å². The van der Waals surface area contributed by atoms with Crippen molar-refractivity contribution in [1.82, 2.24) is 9.13 Å². The molecular weight excluding hydrogens is 392 g/mol. The lowest BCUT2D eigenvalue weighted by molar-refractivity contribution is 0.466. The molecule has 2 aromatic heterocycles. The number of rotatable bonds is 0. The van der Waals surface area contributed by atoms with Gasteiger partial charge in [0.15, 0.2) is 11.6 Å². The fraction of sp³-hybridized carbons (Fsp3) is 0.0833. The Hall–Kier alpha value is -3.54. The number of aryl methyl sites for hydroxylation is 2. The van der Waals surface area contributed by atoms with Crippen molar-refractivity contribution in [2.45, 2.75) is 0 Å². The van der Waals surface area contributed by atoms with E-state index in [9.17, 15) is 17.6 Å². The van der Waals surface area contributed by atoms with E-state index in [-0.39, 0.29) is 10.8 Å². The van der Waals surface area contributed by atoms with Crippen LogP contribution in [0.3, 0.4) is 0 Å². The number of fused-ring (bicyclic) bond motifs is 7. The van der Waals surface area contributed by atoms with Crippen molar-refractivity contribution in [3.63, 3.8) is 0 Å². The van der Waals surface area contributed by atoms with E-state index in [1.807, 2.05) is 24.3 Å². The third kappa shape index (κ3) is 1.98. The molecule has 0 saturated carbocycles. The Morgan fingerprint density at radius 3 is 1.30 bits per heavy atom. The summed E-state index contributed by atoms with van der Waals surface area (Å²) in [4.78, 5) is 0. The van der Waals surface area contributed by atoms with Gasteiger partial charge in [-0.1, -0.05) is 24.3 Å². The molecule has 0 atom stereocenters. The van der Waals surface area contributed by atoms with Crippen LogP contribution in [-0.4, -0.2) is 9.13 Å². The highest BCUT2D eigenvalue weighted by atomic mass is 19.2. The predicted octanol–water partition coefficient (Wildman–Crippen LogP) is 6.69. The third-order valence-electron chi connectivity index (χ3n) is 6.21. The largest absolute Gasteiger partial charge is 0.318 e. The molecule has 0 spiro atoms. The van der Waals surface area contributed by atoms with Crippen LogP contribution in [-0.2, 0) is 14.1 Å². The van der Waals surface area contributed by atoms with Crippen molar-refractivity contribution in [3.8, 4) is 0 Å². The number of hydrogen-bond acceptors (Lipinski definition) is 0. The average molecular weight is 406 g/mol. The molecule has 0 radical (unpaired) electrons. The van der Waals surface area contributed by atoms with Crippen LogP contribution in [0.15, 0.2) is 48.5 Å². The number of aromatic nitrogens is 2. The zero-order valence-electron chi connectivity index (χ0n) is 16.0. The van der Waals surface area contributed by atoms with E-state index in [2.05, 4.69) is 0 Å². The molecule has 0 aliphatic heterocycles. The lowest BCUT2D eigenvalue weighted by atomic mass is 9.95. The summed E-state index contributed by atoms with van der Waals surface area (Å²) in [5.41, 5.74) is 0.930. The number of benzene rings is 4. The molecule has 0 amide bonds. The van der Waals surface area contributed by atoms with Gasteiger partial charge < -0.3 is 9.13 Å². The lowest BCUT2D eigenvalue weighted by Crippen LogP contribution is -1.92. The van der Waals surface area contributed by atoms with Gasteiger partial charge in [0.05, 0.1) is 11.0 Å². The Bertz CT molecular complexity index is 1580. The maximum absolute atomic E-state index is 14.2. The minimum Gasteiger partial charge on any atom is -0.318 e. The summed E-state index contributed by atoms with van der Waals surface area (Å²) in [6, 6.07) is 14.4. The van der Waals surface area contributed by atoms with Crippen molar-refractivity contribution in [2.24, 2.45) is 14.1 Å². The number of halogens is 4. The van der Waals surface area contributed by atoms with E-state index < -0.39 is 23.5 Å². The fourth-order valence-electron chi connectivity index (χ4n) is 4.58. The zero-order valence-corrected chi connectivity index (χ0v) is 16.0.